The molecule has 154 valence electrons. The van der Waals surface area contributed by atoms with Gasteiger partial charge in [0.25, 0.3) is 5.91 Å². The molecule has 2 atom stereocenters. The topological polar surface area (TPSA) is 113 Å². The van der Waals surface area contributed by atoms with E-state index in [1.54, 1.807) is 10.9 Å². The van der Waals surface area contributed by atoms with E-state index in [1.807, 2.05) is 6.92 Å². The van der Waals surface area contributed by atoms with Crippen LogP contribution >= 0.6 is 0 Å². The highest BCUT2D eigenvalue weighted by Crippen LogP contribution is 2.31. The molecule has 8 heteroatoms. The Bertz CT molecular complexity index is 724. The first kappa shape index (κ1) is 20.4. The number of hydrogen-bond acceptors (Lipinski definition) is 4. The Hall–Kier alpha value is -2.38. The number of carboxylic acid groups (broad SMARTS) is 1. The molecule has 0 unspecified atom stereocenters. The van der Waals surface area contributed by atoms with E-state index in [1.165, 1.54) is 6.42 Å². The Morgan fingerprint density at radius 1 is 1.07 bits per heavy atom. The van der Waals surface area contributed by atoms with Crippen LogP contribution in [0.3, 0.4) is 0 Å². The first-order chi connectivity index (χ1) is 13.5. The molecule has 0 saturated heterocycles. The van der Waals surface area contributed by atoms with Crippen molar-refractivity contribution in [3.63, 3.8) is 0 Å². The third-order valence-corrected chi connectivity index (χ3v) is 5.92. The van der Waals surface area contributed by atoms with E-state index in [4.69, 9.17) is 0 Å². The van der Waals surface area contributed by atoms with Crippen LogP contribution in [0, 0.1) is 11.8 Å². The van der Waals surface area contributed by atoms with Gasteiger partial charge in [-0.3, -0.25) is 19.1 Å². The van der Waals surface area contributed by atoms with Crippen molar-refractivity contribution in [3.8, 4) is 0 Å². The molecule has 8 nitrogen and oxygen atoms in total. The van der Waals surface area contributed by atoms with Gasteiger partial charge >= 0.3 is 5.97 Å². The number of amides is 2. The lowest BCUT2D eigenvalue weighted by Gasteiger charge is -2.27. The summed E-state index contributed by atoms with van der Waals surface area (Å²) in [6.45, 7) is 2.48. The zero-order chi connectivity index (χ0) is 20.1. The monoisotopic (exact) mass is 390 g/mol. The number of rotatable bonds is 6. The number of carbonyl (C=O) groups is 3. The van der Waals surface area contributed by atoms with Crippen molar-refractivity contribution >= 4 is 23.5 Å². The van der Waals surface area contributed by atoms with Crippen LogP contribution in [0.1, 0.15) is 75.2 Å². The predicted molar refractivity (Wildman–Crippen MR) is 104 cm³/mol. The minimum Gasteiger partial charge on any atom is -0.481 e. The lowest BCUT2D eigenvalue weighted by molar-refractivity contribution is -0.147. The summed E-state index contributed by atoms with van der Waals surface area (Å²) in [4.78, 5) is 37.1. The molecule has 0 aliphatic heterocycles. The quantitative estimate of drug-likeness (QED) is 0.691. The van der Waals surface area contributed by atoms with E-state index in [-0.39, 0.29) is 23.6 Å². The number of nitrogens with one attached hydrogen (secondary N) is 2. The van der Waals surface area contributed by atoms with Crippen molar-refractivity contribution in [3.05, 3.63) is 11.9 Å². The highest BCUT2D eigenvalue weighted by molar-refractivity contribution is 6.03. The van der Waals surface area contributed by atoms with Gasteiger partial charge in [0.05, 0.1) is 17.5 Å². The summed E-state index contributed by atoms with van der Waals surface area (Å²) in [6.07, 6.45) is 9.71. The number of aryl methyl sites for hydroxylation is 1. The second-order valence-corrected chi connectivity index (χ2v) is 7.88. The molecule has 2 saturated carbocycles. The van der Waals surface area contributed by atoms with Gasteiger partial charge in [-0.15, -0.1) is 0 Å². The van der Waals surface area contributed by atoms with Gasteiger partial charge in [0.2, 0.25) is 5.91 Å². The number of anilines is 1. The molecule has 0 radical (unpaired) electrons. The van der Waals surface area contributed by atoms with E-state index < -0.39 is 17.8 Å². The third-order valence-electron chi connectivity index (χ3n) is 5.92. The SMILES string of the molecule is CCn1cc(NC(=O)[C@@H]2CCCC[C@@H]2C(=O)O)c(C(=O)NC2CCCCC2)n1. The molecule has 3 N–H and O–H groups in total. The maximum atomic E-state index is 12.8. The molecule has 1 heterocycles. The number of carbonyl (C=O) groups excluding carboxylic acids is 2. The zero-order valence-electron chi connectivity index (χ0n) is 16.4. The number of aromatic nitrogens is 2. The molecule has 2 aliphatic carbocycles. The third kappa shape index (κ3) is 4.72. The lowest BCUT2D eigenvalue weighted by atomic mass is 9.78. The van der Waals surface area contributed by atoms with Crippen LogP contribution in [0.2, 0.25) is 0 Å². The summed E-state index contributed by atoms with van der Waals surface area (Å²) >= 11 is 0. The summed E-state index contributed by atoms with van der Waals surface area (Å²) in [5, 5.41) is 19.6. The van der Waals surface area contributed by atoms with Gasteiger partial charge in [0, 0.05) is 18.8 Å². The standard InChI is InChI=1S/C20H30N4O4/c1-2-24-12-16(17(23-24)19(26)21-13-8-4-3-5-9-13)22-18(25)14-10-6-7-11-15(14)20(27)28/h12-15H,2-11H2,1H3,(H,21,26)(H,22,25)(H,27,28)/t14-,15+/m1/s1. The average Bonchev–Trinajstić information content (AvgIpc) is 3.11. The van der Waals surface area contributed by atoms with E-state index in [0.717, 1.165) is 38.5 Å². The summed E-state index contributed by atoms with van der Waals surface area (Å²) in [6, 6.07) is 0.145. The van der Waals surface area contributed by atoms with Crippen molar-refractivity contribution in [2.45, 2.75) is 77.3 Å². The summed E-state index contributed by atoms with van der Waals surface area (Å²) in [5.41, 5.74) is 0.554. The van der Waals surface area contributed by atoms with E-state index in [9.17, 15) is 19.5 Å². The molecule has 1 aromatic rings. The molecular formula is C20H30N4O4. The molecule has 0 aromatic carbocycles. The van der Waals surface area contributed by atoms with Gasteiger partial charge in [-0.05, 0) is 32.6 Å². The molecule has 2 fully saturated rings. The van der Waals surface area contributed by atoms with Crippen molar-refractivity contribution in [1.29, 1.82) is 0 Å². The fourth-order valence-corrected chi connectivity index (χ4v) is 4.31. The van der Waals surface area contributed by atoms with Gasteiger partial charge in [0.1, 0.15) is 0 Å². The van der Waals surface area contributed by atoms with Crippen molar-refractivity contribution in [1.82, 2.24) is 15.1 Å². The second-order valence-electron chi connectivity index (χ2n) is 7.88. The largest absolute Gasteiger partial charge is 0.481 e. The first-order valence-electron chi connectivity index (χ1n) is 10.4. The molecule has 28 heavy (non-hydrogen) atoms. The van der Waals surface area contributed by atoms with Crippen LogP contribution in [0.5, 0.6) is 0 Å². The summed E-state index contributed by atoms with van der Waals surface area (Å²) < 4.78 is 1.61. The van der Waals surface area contributed by atoms with E-state index in [2.05, 4.69) is 15.7 Å². The minimum absolute atomic E-state index is 0.145. The number of nitrogens with zero attached hydrogens (tertiary/aromatic N) is 2. The highest BCUT2D eigenvalue weighted by Gasteiger charge is 2.36. The fourth-order valence-electron chi connectivity index (χ4n) is 4.31. The number of hydrogen-bond donors (Lipinski definition) is 3. The average molecular weight is 390 g/mol. The second kappa shape index (κ2) is 9.21. The van der Waals surface area contributed by atoms with Crippen LogP contribution in [0.25, 0.3) is 0 Å². The maximum absolute atomic E-state index is 12.8. The summed E-state index contributed by atoms with van der Waals surface area (Å²) in [5.74, 6) is -2.80. The van der Waals surface area contributed by atoms with Gasteiger partial charge < -0.3 is 15.7 Å². The highest BCUT2D eigenvalue weighted by atomic mass is 16.4. The van der Waals surface area contributed by atoms with Gasteiger partial charge in [-0.2, -0.15) is 5.10 Å². The van der Waals surface area contributed by atoms with Crippen LogP contribution in [-0.4, -0.2) is 38.7 Å². The Balaban J connectivity index is 1.73. The smallest absolute Gasteiger partial charge is 0.307 e. The molecule has 2 amide bonds. The number of carboxylic acids is 1. The van der Waals surface area contributed by atoms with Gasteiger partial charge in [-0.25, -0.2) is 0 Å². The van der Waals surface area contributed by atoms with Crippen LogP contribution in [-0.2, 0) is 16.1 Å². The van der Waals surface area contributed by atoms with Crippen LogP contribution in [0.15, 0.2) is 6.20 Å². The predicted octanol–water partition coefficient (Wildman–Crippen LogP) is 2.80. The Morgan fingerprint density at radius 2 is 1.71 bits per heavy atom. The van der Waals surface area contributed by atoms with E-state index in [0.29, 0.717) is 25.1 Å². The van der Waals surface area contributed by atoms with E-state index >= 15 is 0 Å². The van der Waals surface area contributed by atoms with Crippen LogP contribution < -0.4 is 10.6 Å². The minimum atomic E-state index is -0.931. The molecule has 0 spiro atoms. The summed E-state index contributed by atoms with van der Waals surface area (Å²) in [7, 11) is 0. The fraction of sp³-hybridized carbons (Fsp3) is 0.700. The molecule has 3 rings (SSSR count). The Morgan fingerprint density at radius 3 is 2.36 bits per heavy atom. The van der Waals surface area contributed by atoms with Gasteiger partial charge in [-0.1, -0.05) is 32.1 Å². The van der Waals surface area contributed by atoms with Gasteiger partial charge in [0.15, 0.2) is 5.69 Å². The Kier molecular flexibility index (Phi) is 6.70. The van der Waals surface area contributed by atoms with Crippen molar-refractivity contribution in [2.75, 3.05) is 5.32 Å². The zero-order valence-corrected chi connectivity index (χ0v) is 16.4. The van der Waals surface area contributed by atoms with Crippen LogP contribution in [0.4, 0.5) is 5.69 Å². The number of aliphatic carboxylic acids is 1. The Labute approximate surface area is 165 Å². The lowest BCUT2D eigenvalue weighted by Crippen LogP contribution is -2.38. The molecule has 1 aromatic heterocycles. The molecule has 0 bridgehead atoms. The first-order valence-corrected chi connectivity index (χ1v) is 10.4. The molecule has 2 aliphatic rings. The van der Waals surface area contributed by atoms with Crippen molar-refractivity contribution < 1.29 is 19.5 Å². The maximum Gasteiger partial charge on any atom is 0.307 e. The normalized spacial score (nSPS) is 23.2. The van der Waals surface area contributed by atoms with Crippen molar-refractivity contribution in [2.24, 2.45) is 11.8 Å². The molecular weight excluding hydrogens is 360 g/mol.